The van der Waals surface area contributed by atoms with Crippen LogP contribution in [0.15, 0.2) is 66.7 Å². The summed E-state index contributed by atoms with van der Waals surface area (Å²) in [6, 6.07) is 23.1. The van der Waals surface area contributed by atoms with Crippen molar-refractivity contribution < 1.29 is 4.79 Å². The lowest BCUT2D eigenvalue weighted by atomic mass is 9.94. The van der Waals surface area contributed by atoms with Crippen LogP contribution in [0.4, 0.5) is 5.69 Å². The summed E-state index contributed by atoms with van der Waals surface area (Å²) in [6.45, 7) is 2.80. The molecule has 4 rings (SSSR count). The molecule has 0 saturated carbocycles. The third-order valence-electron chi connectivity index (χ3n) is 5.71. The summed E-state index contributed by atoms with van der Waals surface area (Å²) in [6.07, 6.45) is 4.09. The van der Waals surface area contributed by atoms with Crippen LogP contribution in [0.25, 0.3) is 11.1 Å². The molecule has 0 bridgehead atoms. The third kappa shape index (κ3) is 4.04. The summed E-state index contributed by atoms with van der Waals surface area (Å²) in [7, 11) is 0. The molecule has 1 aliphatic carbocycles. The lowest BCUT2D eigenvalue weighted by molar-refractivity contribution is -0.121. The van der Waals surface area contributed by atoms with Crippen molar-refractivity contribution in [3.8, 4) is 11.1 Å². The fourth-order valence-electron chi connectivity index (χ4n) is 4.22. The number of nitrogens with one attached hydrogen (secondary N) is 1. The highest BCUT2D eigenvalue weighted by molar-refractivity contribution is 5.96. The maximum atomic E-state index is 12.8. The van der Waals surface area contributed by atoms with E-state index < -0.39 is 0 Å². The second-order valence-corrected chi connectivity index (χ2v) is 7.83. The first-order valence-electron chi connectivity index (χ1n) is 10.5. The Balaban J connectivity index is 1.53. The molecule has 3 aromatic rings. The van der Waals surface area contributed by atoms with E-state index in [1.807, 2.05) is 18.2 Å². The van der Waals surface area contributed by atoms with Crippen LogP contribution in [-0.4, -0.2) is 12.5 Å². The molecule has 1 atom stereocenters. The fourth-order valence-corrected chi connectivity index (χ4v) is 4.22. The van der Waals surface area contributed by atoms with Crippen molar-refractivity contribution in [2.75, 3.05) is 12.3 Å². The van der Waals surface area contributed by atoms with Gasteiger partial charge < -0.3 is 11.1 Å². The molecule has 0 spiro atoms. The maximum absolute atomic E-state index is 12.8. The van der Waals surface area contributed by atoms with Crippen molar-refractivity contribution in [3.05, 3.63) is 89.0 Å². The monoisotopic (exact) mass is 384 g/mol. The van der Waals surface area contributed by atoms with Crippen LogP contribution in [0.2, 0.25) is 0 Å². The summed E-state index contributed by atoms with van der Waals surface area (Å²) in [5.74, 6) is -0.0919. The zero-order chi connectivity index (χ0) is 20.2. The van der Waals surface area contributed by atoms with Gasteiger partial charge in [-0.25, -0.2) is 0 Å². The number of fused-ring (bicyclic) bond motifs is 3. The van der Waals surface area contributed by atoms with Crippen molar-refractivity contribution in [2.24, 2.45) is 0 Å². The summed E-state index contributed by atoms with van der Waals surface area (Å²) >= 11 is 0. The van der Waals surface area contributed by atoms with E-state index in [1.165, 1.54) is 22.3 Å². The Bertz CT molecular complexity index is 1010. The SMILES string of the molecule is CCCNC(=O)C1c2ccccc2-c2cc(CCCc3ccc(N)cc3)ccc21. The van der Waals surface area contributed by atoms with Gasteiger partial charge in [-0.15, -0.1) is 0 Å². The lowest BCUT2D eigenvalue weighted by Crippen LogP contribution is -2.29. The van der Waals surface area contributed by atoms with Crippen LogP contribution >= 0.6 is 0 Å². The fraction of sp³-hybridized carbons (Fsp3) is 0.269. The molecule has 0 aromatic heterocycles. The van der Waals surface area contributed by atoms with Crippen LogP contribution in [0.1, 0.15) is 47.9 Å². The first-order chi connectivity index (χ1) is 14.2. The Morgan fingerprint density at radius 1 is 0.897 bits per heavy atom. The van der Waals surface area contributed by atoms with Crippen molar-refractivity contribution in [1.82, 2.24) is 5.32 Å². The van der Waals surface area contributed by atoms with E-state index in [4.69, 9.17) is 5.73 Å². The zero-order valence-electron chi connectivity index (χ0n) is 16.9. The molecule has 29 heavy (non-hydrogen) atoms. The molecule has 3 heteroatoms. The molecule has 3 N–H and O–H groups in total. The molecule has 1 aliphatic rings. The van der Waals surface area contributed by atoms with Crippen LogP contribution < -0.4 is 11.1 Å². The normalized spacial score (nSPS) is 14.3. The largest absolute Gasteiger partial charge is 0.399 e. The number of hydrogen-bond acceptors (Lipinski definition) is 2. The van der Waals surface area contributed by atoms with E-state index in [2.05, 4.69) is 60.8 Å². The molecule has 1 amide bonds. The van der Waals surface area contributed by atoms with Gasteiger partial charge in [0.1, 0.15) is 0 Å². The van der Waals surface area contributed by atoms with Gasteiger partial charge in [-0.2, -0.15) is 0 Å². The lowest BCUT2D eigenvalue weighted by Gasteiger charge is -2.14. The summed E-state index contributed by atoms with van der Waals surface area (Å²) in [5.41, 5.74) is 13.9. The van der Waals surface area contributed by atoms with Gasteiger partial charge in [0.05, 0.1) is 5.92 Å². The van der Waals surface area contributed by atoms with E-state index in [1.54, 1.807) is 0 Å². The Labute approximate surface area is 173 Å². The highest BCUT2D eigenvalue weighted by Crippen LogP contribution is 2.45. The van der Waals surface area contributed by atoms with Gasteiger partial charge >= 0.3 is 0 Å². The number of anilines is 1. The first-order valence-corrected chi connectivity index (χ1v) is 10.5. The number of nitrogen functional groups attached to an aromatic ring is 1. The molecule has 0 aliphatic heterocycles. The number of benzene rings is 3. The standard InChI is InChI=1S/C26H28N2O/c1-2-16-28-26(29)25-22-9-4-3-8-21(22)24-17-19(12-15-23(24)25)7-5-6-18-10-13-20(27)14-11-18/h3-4,8-15,17,25H,2,5-7,16,27H2,1H3,(H,28,29). The average Bonchev–Trinajstić information content (AvgIpc) is 3.07. The van der Waals surface area contributed by atoms with Crippen LogP contribution in [0, 0.1) is 0 Å². The average molecular weight is 385 g/mol. The van der Waals surface area contributed by atoms with Gasteiger partial charge in [0, 0.05) is 12.2 Å². The molecule has 0 radical (unpaired) electrons. The molecule has 3 nitrogen and oxygen atoms in total. The predicted molar refractivity (Wildman–Crippen MR) is 120 cm³/mol. The maximum Gasteiger partial charge on any atom is 0.232 e. The van der Waals surface area contributed by atoms with Gasteiger partial charge in [-0.3, -0.25) is 4.79 Å². The highest BCUT2D eigenvalue weighted by Gasteiger charge is 2.33. The first kappa shape index (κ1) is 19.3. The second kappa shape index (κ2) is 8.52. The number of rotatable bonds is 7. The van der Waals surface area contributed by atoms with Gasteiger partial charge in [0.15, 0.2) is 0 Å². The Morgan fingerprint density at radius 3 is 2.38 bits per heavy atom. The van der Waals surface area contributed by atoms with Gasteiger partial charge in [-0.05, 0) is 71.2 Å². The Kier molecular flexibility index (Phi) is 5.66. The van der Waals surface area contributed by atoms with E-state index in [0.717, 1.165) is 49.0 Å². The summed E-state index contributed by atoms with van der Waals surface area (Å²) in [5, 5.41) is 3.08. The summed E-state index contributed by atoms with van der Waals surface area (Å²) < 4.78 is 0. The van der Waals surface area contributed by atoms with Crippen molar-refractivity contribution in [1.29, 1.82) is 0 Å². The van der Waals surface area contributed by atoms with Crippen molar-refractivity contribution in [2.45, 2.75) is 38.5 Å². The number of carbonyl (C=O) groups is 1. The smallest absolute Gasteiger partial charge is 0.232 e. The minimum absolute atomic E-state index is 0.106. The third-order valence-corrected chi connectivity index (χ3v) is 5.71. The van der Waals surface area contributed by atoms with E-state index >= 15 is 0 Å². The second-order valence-electron chi connectivity index (χ2n) is 7.83. The molecule has 3 aromatic carbocycles. The number of nitrogens with two attached hydrogens (primary N) is 1. The zero-order valence-corrected chi connectivity index (χ0v) is 16.9. The van der Waals surface area contributed by atoms with E-state index in [-0.39, 0.29) is 11.8 Å². The number of aryl methyl sites for hydroxylation is 2. The minimum atomic E-state index is -0.198. The van der Waals surface area contributed by atoms with Gasteiger partial charge in [0.2, 0.25) is 5.91 Å². The van der Waals surface area contributed by atoms with Crippen LogP contribution in [-0.2, 0) is 17.6 Å². The van der Waals surface area contributed by atoms with Crippen LogP contribution in [0.3, 0.4) is 0 Å². The molecule has 0 heterocycles. The molecule has 0 fully saturated rings. The Morgan fingerprint density at radius 2 is 1.59 bits per heavy atom. The number of hydrogen-bond donors (Lipinski definition) is 2. The van der Waals surface area contributed by atoms with E-state index in [9.17, 15) is 4.79 Å². The van der Waals surface area contributed by atoms with Crippen molar-refractivity contribution >= 4 is 11.6 Å². The minimum Gasteiger partial charge on any atom is -0.399 e. The van der Waals surface area contributed by atoms with Crippen LogP contribution in [0.5, 0.6) is 0 Å². The number of amides is 1. The molecule has 0 saturated heterocycles. The molecule has 148 valence electrons. The summed E-state index contributed by atoms with van der Waals surface area (Å²) in [4.78, 5) is 12.8. The predicted octanol–water partition coefficient (Wildman–Crippen LogP) is 5.08. The topological polar surface area (TPSA) is 55.1 Å². The molecular weight excluding hydrogens is 356 g/mol. The molecular formula is C26H28N2O. The van der Waals surface area contributed by atoms with E-state index in [0.29, 0.717) is 0 Å². The molecule has 1 unspecified atom stereocenters. The highest BCUT2D eigenvalue weighted by atomic mass is 16.1. The number of carbonyl (C=O) groups excluding carboxylic acids is 1. The Hall–Kier alpha value is -3.07. The quantitative estimate of drug-likeness (QED) is 0.558. The van der Waals surface area contributed by atoms with Crippen molar-refractivity contribution in [3.63, 3.8) is 0 Å². The van der Waals surface area contributed by atoms with Gasteiger partial charge in [-0.1, -0.05) is 61.5 Å². The van der Waals surface area contributed by atoms with Gasteiger partial charge in [0.25, 0.3) is 0 Å².